The van der Waals surface area contributed by atoms with E-state index in [9.17, 15) is 14.5 Å². The van der Waals surface area contributed by atoms with Gasteiger partial charge in [0, 0.05) is 35.3 Å². The van der Waals surface area contributed by atoms with Gasteiger partial charge in [-0.3, -0.25) is 10.1 Å². The van der Waals surface area contributed by atoms with Crippen LogP contribution in [0, 0.1) is 15.9 Å². The van der Waals surface area contributed by atoms with Crippen molar-refractivity contribution < 1.29 is 9.31 Å². The smallest absolute Gasteiger partial charge is 0.235 e. The van der Waals surface area contributed by atoms with E-state index >= 15 is 0 Å². The number of benzene rings is 2. The lowest BCUT2D eigenvalue weighted by Crippen LogP contribution is -1.97. The maximum absolute atomic E-state index is 13.0. The Balaban J connectivity index is 2.02. The molecular weight excluding hydrogens is 283 g/mol. The van der Waals surface area contributed by atoms with Crippen LogP contribution in [0.2, 0.25) is 0 Å². The minimum atomic E-state index is -0.480. The fourth-order valence-corrected chi connectivity index (χ4v) is 2.47. The number of hydrogen-bond acceptors (Lipinski definition) is 2. The maximum Gasteiger partial charge on any atom is 0.235 e. The van der Waals surface area contributed by atoms with Gasteiger partial charge in [0.15, 0.2) is 0 Å². The topological polar surface area (TPSA) is 48.1 Å². The Labute approximate surface area is 126 Å². The van der Waals surface area contributed by atoms with Gasteiger partial charge >= 0.3 is 0 Å². The molecule has 0 atom stereocenters. The first-order valence-corrected chi connectivity index (χ1v) is 6.77. The second-order valence-electron chi connectivity index (χ2n) is 4.96. The summed E-state index contributed by atoms with van der Waals surface area (Å²) in [6.07, 6.45) is 4.29. The molecule has 2 aromatic carbocycles. The van der Waals surface area contributed by atoms with E-state index in [1.807, 2.05) is 35.0 Å². The number of rotatable bonds is 4. The molecule has 110 valence electrons. The van der Waals surface area contributed by atoms with Crippen LogP contribution in [-0.4, -0.2) is 9.49 Å². The van der Waals surface area contributed by atoms with Crippen LogP contribution in [-0.2, 0) is 6.54 Å². The highest BCUT2D eigenvalue weighted by Gasteiger charge is 2.07. The van der Waals surface area contributed by atoms with Gasteiger partial charge in [0.25, 0.3) is 0 Å². The Hall–Kier alpha value is -2.95. The number of para-hydroxylation sites is 1. The normalized spacial score (nSPS) is 11.3. The fourth-order valence-electron chi connectivity index (χ4n) is 2.47. The highest BCUT2D eigenvalue weighted by Crippen LogP contribution is 2.23. The summed E-state index contributed by atoms with van der Waals surface area (Å²) in [5, 5.41) is 11.5. The largest absolute Gasteiger partial charge is 0.342 e. The first-order chi connectivity index (χ1) is 10.6. The van der Waals surface area contributed by atoms with Crippen molar-refractivity contribution >= 4 is 17.0 Å². The van der Waals surface area contributed by atoms with E-state index in [-0.39, 0.29) is 5.82 Å². The van der Waals surface area contributed by atoms with Crippen molar-refractivity contribution in [3.8, 4) is 0 Å². The molecule has 0 aliphatic heterocycles. The number of halogens is 1. The highest BCUT2D eigenvalue weighted by molar-refractivity contribution is 5.89. The molecule has 5 heteroatoms. The summed E-state index contributed by atoms with van der Waals surface area (Å²) in [6, 6.07) is 14.0. The van der Waals surface area contributed by atoms with Crippen LogP contribution in [0.15, 0.2) is 60.9 Å². The molecule has 0 spiro atoms. The van der Waals surface area contributed by atoms with Crippen LogP contribution in [0.1, 0.15) is 11.1 Å². The van der Waals surface area contributed by atoms with E-state index in [0.717, 1.165) is 28.2 Å². The van der Waals surface area contributed by atoms with Gasteiger partial charge in [-0.15, -0.1) is 0 Å². The second kappa shape index (κ2) is 5.81. The monoisotopic (exact) mass is 296 g/mol. The first kappa shape index (κ1) is 14.0. The average Bonchev–Trinajstić information content (AvgIpc) is 2.86. The zero-order valence-electron chi connectivity index (χ0n) is 11.6. The zero-order valence-corrected chi connectivity index (χ0v) is 11.6. The Kier molecular flexibility index (Phi) is 3.70. The van der Waals surface area contributed by atoms with Crippen molar-refractivity contribution in [3.63, 3.8) is 0 Å². The molecule has 0 fully saturated rings. The standard InChI is InChI=1S/C17H13FN2O2/c18-15-7-5-13(6-8-15)11-19-12-14(9-10-20(21)22)16-3-1-2-4-17(16)19/h1-10,12H,11H2. The Morgan fingerprint density at radius 1 is 1.14 bits per heavy atom. The number of hydrogen-bond donors (Lipinski definition) is 0. The van der Waals surface area contributed by atoms with E-state index in [1.54, 1.807) is 12.1 Å². The number of nitro groups is 1. The highest BCUT2D eigenvalue weighted by atomic mass is 19.1. The van der Waals surface area contributed by atoms with Crippen molar-refractivity contribution in [2.45, 2.75) is 6.54 Å². The predicted molar refractivity (Wildman–Crippen MR) is 83.5 cm³/mol. The molecule has 0 radical (unpaired) electrons. The predicted octanol–water partition coefficient (Wildman–Crippen LogP) is 4.08. The zero-order chi connectivity index (χ0) is 15.5. The molecule has 1 heterocycles. The van der Waals surface area contributed by atoms with Crippen molar-refractivity contribution in [2.75, 3.05) is 0 Å². The molecule has 3 rings (SSSR count). The summed E-state index contributed by atoms with van der Waals surface area (Å²) in [4.78, 5) is 10.0. The third kappa shape index (κ3) is 2.88. The molecule has 0 bridgehead atoms. The summed E-state index contributed by atoms with van der Waals surface area (Å²) >= 11 is 0. The van der Waals surface area contributed by atoms with Gasteiger partial charge in [0.2, 0.25) is 6.20 Å². The van der Waals surface area contributed by atoms with Crippen molar-refractivity contribution in [2.24, 2.45) is 0 Å². The molecule has 0 aliphatic carbocycles. The number of fused-ring (bicyclic) bond motifs is 1. The van der Waals surface area contributed by atoms with Crippen LogP contribution < -0.4 is 0 Å². The fraction of sp³-hybridized carbons (Fsp3) is 0.0588. The number of nitrogens with zero attached hydrogens (tertiary/aromatic N) is 2. The molecule has 22 heavy (non-hydrogen) atoms. The van der Waals surface area contributed by atoms with Crippen molar-refractivity contribution in [1.82, 2.24) is 4.57 Å². The molecule has 1 aromatic heterocycles. The van der Waals surface area contributed by atoms with Crippen LogP contribution in [0.5, 0.6) is 0 Å². The van der Waals surface area contributed by atoms with E-state index in [0.29, 0.717) is 6.54 Å². The van der Waals surface area contributed by atoms with Gasteiger partial charge in [0.05, 0.1) is 4.92 Å². The molecule has 0 saturated carbocycles. The molecule has 0 unspecified atom stereocenters. The van der Waals surface area contributed by atoms with E-state index in [1.165, 1.54) is 18.2 Å². The van der Waals surface area contributed by atoms with Gasteiger partial charge in [-0.1, -0.05) is 30.3 Å². The third-order valence-electron chi connectivity index (χ3n) is 3.46. The van der Waals surface area contributed by atoms with Gasteiger partial charge in [-0.05, 0) is 23.8 Å². The molecule has 0 amide bonds. The van der Waals surface area contributed by atoms with Crippen molar-refractivity contribution in [1.29, 1.82) is 0 Å². The van der Waals surface area contributed by atoms with E-state index in [2.05, 4.69) is 0 Å². The molecular formula is C17H13FN2O2. The molecule has 4 nitrogen and oxygen atoms in total. The maximum atomic E-state index is 13.0. The second-order valence-corrected chi connectivity index (χ2v) is 4.96. The van der Waals surface area contributed by atoms with E-state index in [4.69, 9.17) is 0 Å². The van der Waals surface area contributed by atoms with Gasteiger partial charge in [0.1, 0.15) is 5.82 Å². The summed E-state index contributed by atoms with van der Waals surface area (Å²) in [5.41, 5.74) is 2.73. The van der Waals surface area contributed by atoms with Crippen molar-refractivity contribution in [3.05, 3.63) is 88.0 Å². The number of aromatic nitrogens is 1. The van der Waals surface area contributed by atoms with Crippen LogP contribution in [0.4, 0.5) is 4.39 Å². The lowest BCUT2D eigenvalue weighted by molar-refractivity contribution is -0.400. The molecule has 0 saturated heterocycles. The van der Waals surface area contributed by atoms with Crippen LogP contribution in [0.25, 0.3) is 17.0 Å². The summed E-state index contributed by atoms with van der Waals surface area (Å²) < 4.78 is 15.0. The molecule has 0 N–H and O–H groups in total. The molecule has 0 aliphatic rings. The summed E-state index contributed by atoms with van der Waals surface area (Å²) in [7, 11) is 0. The van der Waals surface area contributed by atoms with Gasteiger partial charge in [-0.2, -0.15) is 0 Å². The van der Waals surface area contributed by atoms with Gasteiger partial charge in [-0.25, -0.2) is 4.39 Å². The quantitative estimate of drug-likeness (QED) is 0.538. The average molecular weight is 296 g/mol. The first-order valence-electron chi connectivity index (χ1n) is 6.77. The van der Waals surface area contributed by atoms with E-state index < -0.39 is 4.92 Å². The molecule has 3 aromatic rings. The lowest BCUT2D eigenvalue weighted by Gasteiger charge is -2.05. The SMILES string of the molecule is O=[N+]([O-])C=Cc1cn(Cc2ccc(F)cc2)c2ccccc12. The lowest BCUT2D eigenvalue weighted by atomic mass is 10.2. The summed E-state index contributed by atoms with van der Waals surface area (Å²) in [5.74, 6) is -0.268. The Bertz CT molecular complexity index is 851. The Morgan fingerprint density at radius 2 is 1.86 bits per heavy atom. The summed E-state index contributed by atoms with van der Waals surface area (Å²) in [6.45, 7) is 0.576. The minimum Gasteiger partial charge on any atom is -0.342 e. The minimum absolute atomic E-state index is 0.268. The van der Waals surface area contributed by atoms with Gasteiger partial charge < -0.3 is 4.57 Å². The van der Waals surface area contributed by atoms with Crippen LogP contribution >= 0.6 is 0 Å². The van der Waals surface area contributed by atoms with Crippen LogP contribution in [0.3, 0.4) is 0 Å². The Morgan fingerprint density at radius 3 is 2.59 bits per heavy atom. The third-order valence-corrected chi connectivity index (χ3v) is 3.46.